The quantitative estimate of drug-likeness (QED) is 0.900. The maximum absolute atomic E-state index is 13.3. The van der Waals surface area contributed by atoms with Crippen molar-refractivity contribution < 1.29 is 9.18 Å². The summed E-state index contributed by atoms with van der Waals surface area (Å²) in [7, 11) is 0. The first-order chi connectivity index (χ1) is 10.7. The van der Waals surface area contributed by atoms with Gasteiger partial charge >= 0.3 is 0 Å². The Bertz CT molecular complexity index is 714. The second kappa shape index (κ2) is 4.83. The van der Waals surface area contributed by atoms with Gasteiger partial charge in [0.05, 0.1) is 5.54 Å². The molecule has 0 bridgehead atoms. The van der Waals surface area contributed by atoms with Crippen LogP contribution >= 0.6 is 0 Å². The molecule has 1 unspecified atom stereocenters. The third-order valence-electron chi connectivity index (χ3n) is 4.58. The molecule has 2 aliphatic carbocycles. The number of rotatable bonds is 3. The lowest BCUT2D eigenvalue weighted by molar-refractivity contribution is -0.118. The van der Waals surface area contributed by atoms with Crippen LogP contribution in [0.4, 0.5) is 4.39 Å². The fourth-order valence-corrected chi connectivity index (χ4v) is 3.15. The van der Waals surface area contributed by atoms with Crippen LogP contribution in [-0.4, -0.2) is 5.91 Å². The zero-order valence-electron chi connectivity index (χ0n) is 12.1. The van der Waals surface area contributed by atoms with Gasteiger partial charge in [-0.25, -0.2) is 4.39 Å². The summed E-state index contributed by atoms with van der Waals surface area (Å²) < 4.78 is 13.3. The first-order valence-electron chi connectivity index (χ1n) is 7.60. The number of benzene rings is 1. The number of halogens is 1. The average molecular weight is 296 g/mol. The zero-order chi connectivity index (χ0) is 15.2. The second-order valence-electron chi connectivity index (χ2n) is 6.14. The van der Waals surface area contributed by atoms with Crippen molar-refractivity contribution in [2.24, 2.45) is 5.92 Å². The molecule has 1 aromatic rings. The molecule has 0 saturated heterocycles. The topological polar surface area (TPSA) is 41.1 Å². The van der Waals surface area contributed by atoms with Crippen LogP contribution in [-0.2, 0) is 10.3 Å². The van der Waals surface area contributed by atoms with Gasteiger partial charge in [-0.3, -0.25) is 4.79 Å². The van der Waals surface area contributed by atoms with Crippen LogP contribution in [0.25, 0.3) is 0 Å². The van der Waals surface area contributed by atoms with E-state index in [0.29, 0.717) is 12.1 Å². The van der Waals surface area contributed by atoms with Gasteiger partial charge in [-0.05, 0) is 43.1 Å². The Morgan fingerprint density at radius 2 is 2.05 bits per heavy atom. The molecular weight excluding hydrogens is 279 g/mol. The standard InChI is InChI=1S/C18H17FN2O/c19-14-7-6-12-10-16(20-15(12)11-14)17(22)21-18(8-9-18)13-4-2-1-3-5-13/h1-5,7,10-12,20H,6,8-9H2,(H,21,22). The Balaban J connectivity index is 1.49. The number of hydrogen-bond donors (Lipinski definition) is 2. The second-order valence-corrected chi connectivity index (χ2v) is 6.14. The molecule has 3 nitrogen and oxygen atoms in total. The van der Waals surface area contributed by atoms with E-state index in [9.17, 15) is 9.18 Å². The highest BCUT2D eigenvalue weighted by Gasteiger charge is 2.46. The summed E-state index contributed by atoms with van der Waals surface area (Å²) in [6.07, 6.45) is 7.43. The van der Waals surface area contributed by atoms with Gasteiger partial charge in [-0.15, -0.1) is 0 Å². The third kappa shape index (κ3) is 2.25. The van der Waals surface area contributed by atoms with Crippen LogP contribution in [0.2, 0.25) is 0 Å². The van der Waals surface area contributed by atoms with E-state index in [0.717, 1.165) is 24.1 Å². The number of nitrogens with one attached hydrogen (secondary N) is 2. The molecule has 1 aliphatic heterocycles. The van der Waals surface area contributed by atoms with Gasteiger partial charge in [0.25, 0.3) is 5.91 Å². The number of carbonyl (C=O) groups is 1. The van der Waals surface area contributed by atoms with Gasteiger partial charge < -0.3 is 10.6 Å². The summed E-state index contributed by atoms with van der Waals surface area (Å²) in [4.78, 5) is 12.5. The van der Waals surface area contributed by atoms with E-state index in [-0.39, 0.29) is 23.2 Å². The molecule has 3 aliphatic rings. The Kier molecular flexibility index (Phi) is 2.93. The number of hydrogen-bond acceptors (Lipinski definition) is 2. The van der Waals surface area contributed by atoms with E-state index in [4.69, 9.17) is 0 Å². The predicted molar refractivity (Wildman–Crippen MR) is 82.1 cm³/mol. The SMILES string of the molecule is O=C(NC1(c2ccccc2)CC1)C1=CC2CC=C(F)C=C2N1. The summed E-state index contributed by atoms with van der Waals surface area (Å²) in [6, 6.07) is 10.0. The molecule has 22 heavy (non-hydrogen) atoms. The molecule has 2 N–H and O–H groups in total. The molecule has 1 aromatic carbocycles. The first-order valence-corrected chi connectivity index (χ1v) is 7.60. The van der Waals surface area contributed by atoms with Gasteiger partial charge in [0.15, 0.2) is 0 Å². The predicted octanol–water partition coefficient (Wildman–Crippen LogP) is 3.04. The number of amides is 1. The molecule has 1 atom stereocenters. The highest BCUT2D eigenvalue weighted by Crippen LogP contribution is 2.45. The fourth-order valence-electron chi connectivity index (χ4n) is 3.15. The van der Waals surface area contributed by atoms with E-state index in [1.165, 1.54) is 6.08 Å². The molecule has 4 rings (SSSR count). The Morgan fingerprint density at radius 1 is 1.27 bits per heavy atom. The highest BCUT2D eigenvalue weighted by atomic mass is 19.1. The third-order valence-corrected chi connectivity index (χ3v) is 4.58. The summed E-state index contributed by atoms with van der Waals surface area (Å²) in [5.41, 5.74) is 2.22. The molecule has 0 aromatic heterocycles. The highest BCUT2D eigenvalue weighted by molar-refractivity contribution is 5.95. The van der Waals surface area contributed by atoms with Crippen LogP contribution in [0, 0.1) is 5.92 Å². The smallest absolute Gasteiger partial charge is 0.268 e. The first kappa shape index (κ1) is 13.3. The van der Waals surface area contributed by atoms with E-state index >= 15 is 0 Å². The van der Waals surface area contributed by atoms with E-state index in [2.05, 4.69) is 10.6 Å². The molecular formula is C18H17FN2O. The molecule has 1 amide bonds. The Hall–Kier alpha value is -2.36. The summed E-state index contributed by atoms with van der Waals surface area (Å²) in [5.74, 6) is -0.263. The van der Waals surface area contributed by atoms with Gasteiger partial charge in [0, 0.05) is 11.6 Å². The van der Waals surface area contributed by atoms with Crippen molar-refractivity contribution in [1.29, 1.82) is 0 Å². The molecule has 0 radical (unpaired) electrons. The van der Waals surface area contributed by atoms with E-state index in [1.54, 1.807) is 6.08 Å². The Morgan fingerprint density at radius 3 is 2.77 bits per heavy atom. The molecule has 112 valence electrons. The molecule has 1 saturated carbocycles. The fraction of sp³-hybridized carbons (Fsp3) is 0.278. The lowest BCUT2D eigenvalue weighted by atomic mass is 9.98. The van der Waals surface area contributed by atoms with Crippen LogP contribution in [0.3, 0.4) is 0 Å². The Labute approximate surface area is 128 Å². The van der Waals surface area contributed by atoms with Gasteiger partial charge in [0.1, 0.15) is 11.5 Å². The van der Waals surface area contributed by atoms with Crippen LogP contribution in [0.5, 0.6) is 0 Å². The molecule has 0 spiro atoms. The molecule has 4 heteroatoms. The normalized spacial score (nSPS) is 24.4. The van der Waals surface area contributed by atoms with Gasteiger partial charge in [-0.1, -0.05) is 30.3 Å². The number of carbonyl (C=O) groups excluding carboxylic acids is 1. The summed E-state index contributed by atoms with van der Waals surface area (Å²) in [6.45, 7) is 0. The van der Waals surface area contributed by atoms with Crippen LogP contribution in [0.15, 0.2) is 65.8 Å². The van der Waals surface area contributed by atoms with Crippen molar-refractivity contribution in [3.8, 4) is 0 Å². The maximum Gasteiger partial charge on any atom is 0.268 e. The van der Waals surface area contributed by atoms with E-state index in [1.807, 2.05) is 36.4 Å². The van der Waals surface area contributed by atoms with Crippen molar-refractivity contribution in [2.75, 3.05) is 0 Å². The molecule has 1 fully saturated rings. The van der Waals surface area contributed by atoms with Gasteiger partial charge in [0.2, 0.25) is 0 Å². The minimum absolute atomic E-state index is 0.0899. The van der Waals surface area contributed by atoms with Crippen LogP contribution in [0.1, 0.15) is 24.8 Å². The molecule has 1 heterocycles. The van der Waals surface area contributed by atoms with Crippen molar-refractivity contribution in [2.45, 2.75) is 24.8 Å². The summed E-state index contributed by atoms with van der Waals surface area (Å²) in [5, 5.41) is 6.19. The average Bonchev–Trinajstić information content (AvgIpc) is 3.18. The van der Waals surface area contributed by atoms with Crippen molar-refractivity contribution >= 4 is 5.91 Å². The minimum Gasteiger partial charge on any atom is -0.354 e. The maximum atomic E-state index is 13.3. The largest absolute Gasteiger partial charge is 0.354 e. The van der Waals surface area contributed by atoms with Crippen molar-refractivity contribution in [1.82, 2.24) is 10.6 Å². The number of fused-ring (bicyclic) bond motifs is 1. The summed E-state index contributed by atoms with van der Waals surface area (Å²) >= 11 is 0. The monoisotopic (exact) mass is 296 g/mol. The lowest BCUT2D eigenvalue weighted by Crippen LogP contribution is -2.38. The van der Waals surface area contributed by atoms with Gasteiger partial charge in [-0.2, -0.15) is 0 Å². The number of allylic oxidation sites excluding steroid dienone is 4. The van der Waals surface area contributed by atoms with E-state index < -0.39 is 0 Å². The van der Waals surface area contributed by atoms with Crippen LogP contribution < -0.4 is 10.6 Å². The zero-order valence-corrected chi connectivity index (χ0v) is 12.1. The minimum atomic E-state index is -0.239. The lowest BCUT2D eigenvalue weighted by Gasteiger charge is -2.18. The van der Waals surface area contributed by atoms with Crippen molar-refractivity contribution in [3.63, 3.8) is 0 Å². The van der Waals surface area contributed by atoms with Crippen molar-refractivity contribution in [3.05, 3.63) is 71.3 Å².